The molecule has 0 saturated carbocycles. The molecule has 0 bridgehead atoms. The van der Waals surface area contributed by atoms with Gasteiger partial charge >= 0.3 is 5.97 Å². The maximum absolute atomic E-state index is 12.1. The molecule has 3 aromatic carbocycles. The van der Waals surface area contributed by atoms with Crippen molar-refractivity contribution >= 4 is 22.8 Å². The van der Waals surface area contributed by atoms with Gasteiger partial charge in [0.1, 0.15) is 5.75 Å². The predicted octanol–water partition coefficient (Wildman–Crippen LogP) is 5.61. The zero-order valence-electron chi connectivity index (χ0n) is 21.3. The van der Waals surface area contributed by atoms with Crippen LogP contribution in [0.5, 0.6) is 5.75 Å². The van der Waals surface area contributed by atoms with Crippen LogP contribution in [0.2, 0.25) is 0 Å². The summed E-state index contributed by atoms with van der Waals surface area (Å²) >= 11 is 0. The van der Waals surface area contributed by atoms with E-state index < -0.39 is 0 Å². The Morgan fingerprint density at radius 2 is 1.53 bits per heavy atom. The van der Waals surface area contributed by atoms with Gasteiger partial charge in [0.05, 0.1) is 12.7 Å². The average Bonchev–Trinajstić information content (AvgIpc) is 2.92. The van der Waals surface area contributed by atoms with Crippen molar-refractivity contribution in [2.24, 2.45) is 0 Å². The minimum absolute atomic E-state index is 0.266. The standard InChI is InChI=1S/C31H34N2O3/c1-21(2)32-16-18-33(19-17-32)26-10-4-23(5-11-26)30-28(22-6-12-27(34)13-7-22)14-8-24-20-25(31(35)36-3)9-15-29(24)30/h4-7,9-13,15,20-21,34H,8,14,16-19H2,1-3H3. The van der Waals surface area contributed by atoms with Crippen molar-refractivity contribution in [1.29, 1.82) is 0 Å². The lowest BCUT2D eigenvalue weighted by Crippen LogP contribution is -2.48. The molecular formula is C31H34N2O3. The lowest BCUT2D eigenvalue weighted by Gasteiger charge is -2.38. The highest BCUT2D eigenvalue weighted by molar-refractivity contribution is 6.01. The van der Waals surface area contributed by atoms with Gasteiger partial charge in [-0.15, -0.1) is 0 Å². The Kier molecular flexibility index (Phi) is 6.84. The molecule has 0 spiro atoms. The average molecular weight is 483 g/mol. The summed E-state index contributed by atoms with van der Waals surface area (Å²) in [6, 6.07) is 22.9. The first-order chi connectivity index (χ1) is 17.4. The topological polar surface area (TPSA) is 53.0 Å². The minimum Gasteiger partial charge on any atom is -0.508 e. The SMILES string of the molecule is COC(=O)c1ccc2c(c1)CCC(c1ccc(O)cc1)=C2c1ccc(N2CCN(C(C)C)CC2)cc1. The molecule has 0 unspecified atom stereocenters. The molecule has 1 saturated heterocycles. The van der Waals surface area contributed by atoms with Gasteiger partial charge in [0.15, 0.2) is 0 Å². The van der Waals surface area contributed by atoms with Crippen LogP contribution in [0.1, 0.15) is 52.9 Å². The van der Waals surface area contributed by atoms with Crippen LogP contribution in [-0.2, 0) is 11.2 Å². The first-order valence-electron chi connectivity index (χ1n) is 12.8. The van der Waals surface area contributed by atoms with E-state index in [2.05, 4.69) is 54.0 Å². The first kappa shape index (κ1) is 24.1. The van der Waals surface area contributed by atoms with Crippen molar-refractivity contribution in [2.75, 3.05) is 38.2 Å². The monoisotopic (exact) mass is 482 g/mol. The maximum Gasteiger partial charge on any atom is 0.337 e. The highest BCUT2D eigenvalue weighted by Crippen LogP contribution is 2.41. The zero-order chi connectivity index (χ0) is 25.2. The fourth-order valence-electron chi connectivity index (χ4n) is 5.45. The van der Waals surface area contributed by atoms with Crippen molar-refractivity contribution in [1.82, 2.24) is 4.90 Å². The van der Waals surface area contributed by atoms with Gasteiger partial charge in [-0.1, -0.05) is 30.3 Å². The van der Waals surface area contributed by atoms with Gasteiger partial charge in [0.2, 0.25) is 0 Å². The number of anilines is 1. The third-order valence-electron chi connectivity index (χ3n) is 7.52. The molecule has 5 rings (SSSR count). The first-order valence-corrected chi connectivity index (χ1v) is 12.8. The van der Waals surface area contributed by atoms with E-state index in [1.165, 1.54) is 23.9 Å². The fourth-order valence-corrected chi connectivity index (χ4v) is 5.45. The number of esters is 1. The molecule has 2 aliphatic rings. The Balaban J connectivity index is 1.52. The fraction of sp³-hybridized carbons (Fsp3) is 0.323. The van der Waals surface area contributed by atoms with Crippen molar-refractivity contribution in [2.45, 2.75) is 32.7 Å². The van der Waals surface area contributed by atoms with E-state index in [0.29, 0.717) is 11.6 Å². The molecule has 1 fully saturated rings. The third kappa shape index (κ3) is 4.76. The third-order valence-corrected chi connectivity index (χ3v) is 7.52. The second-order valence-electron chi connectivity index (χ2n) is 9.93. The molecule has 0 radical (unpaired) electrons. The Hall–Kier alpha value is -3.57. The van der Waals surface area contributed by atoms with Crippen molar-refractivity contribution in [3.05, 3.63) is 94.5 Å². The Morgan fingerprint density at radius 1 is 0.861 bits per heavy atom. The van der Waals surface area contributed by atoms with Gasteiger partial charge in [-0.2, -0.15) is 0 Å². The van der Waals surface area contributed by atoms with Crippen LogP contribution >= 0.6 is 0 Å². The molecular weight excluding hydrogens is 448 g/mol. The number of phenolic OH excluding ortho intramolecular Hbond substituents is 1. The second-order valence-corrected chi connectivity index (χ2v) is 9.93. The molecule has 1 heterocycles. The maximum atomic E-state index is 12.1. The van der Waals surface area contributed by atoms with Crippen LogP contribution < -0.4 is 4.90 Å². The summed E-state index contributed by atoms with van der Waals surface area (Å²) in [6.45, 7) is 8.78. The quantitative estimate of drug-likeness (QED) is 0.479. The number of hydrogen-bond acceptors (Lipinski definition) is 5. The number of allylic oxidation sites excluding steroid dienone is 1. The molecule has 3 aromatic rings. The molecule has 5 heteroatoms. The Labute approximate surface area is 213 Å². The van der Waals surface area contributed by atoms with Gasteiger partial charge in [-0.25, -0.2) is 4.79 Å². The van der Waals surface area contributed by atoms with E-state index in [-0.39, 0.29) is 11.7 Å². The van der Waals surface area contributed by atoms with Crippen LogP contribution in [0.4, 0.5) is 5.69 Å². The number of nitrogens with zero attached hydrogens (tertiary/aromatic N) is 2. The molecule has 1 aliphatic carbocycles. The van der Waals surface area contributed by atoms with Crippen LogP contribution in [-0.4, -0.2) is 55.3 Å². The lowest BCUT2D eigenvalue weighted by molar-refractivity contribution is 0.0600. The summed E-state index contributed by atoms with van der Waals surface area (Å²) < 4.78 is 4.95. The summed E-state index contributed by atoms with van der Waals surface area (Å²) in [5.41, 5.74) is 8.86. The van der Waals surface area contributed by atoms with E-state index in [4.69, 9.17) is 4.74 Å². The summed E-state index contributed by atoms with van der Waals surface area (Å²) in [4.78, 5) is 17.1. The normalized spacial score (nSPS) is 16.3. The number of rotatable bonds is 5. The number of ether oxygens (including phenoxy) is 1. The predicted molar refractivity (Wildman–Crippen MR) is 145 cm³/mol. The van der Waals surface area contributed by atoms with Gasteiger partial charge in [-0.3, -0.25) is 4.90 Å². The van der Waals surface area contributed by atoms with Crippen molar-refractivity contribution < 1.29 is 14.6 Å². The lowest BCUT2D eigenvalue weighted by atomic mass is 9.79. The van der Waals surface area contributed by atoms with Gasteiger partial charge in [-0.05, 0) is 96.5 Å². The molecule has 1 N–H and O–H groups in total. The number of aryl methyl sites for hydroxylation is 1. The van der Waals surface area contributed by atoms with Crippen LogP contribution in [0, 0.1) is 0 Å². The number of piperazine rings is 1. The molecule has 1 aliphatic heterocycles. The molecule has 36 heavy (non-hydrogen) atoms. The number of hydrogen-bond donors (Lipinski definition) is 1. The summed E-state index contributed by atoms with van der Waals surface area (Å²) in [7, 11) is 1.42. The van der Waals surface area contributed by atoms with Gasteiger partial charge < -0.3 is 14.7 Å². The smallest absolute Gasteiger partial charge is 0.337 e. The number of benzene rings is 3. The number of aromatic hydroxyl groups is 1. The largest absolute Gasteiger partial charge is 0.508 e. The Morgan fingerprint density at radius 3 is 2.17 bits per heavy atom. The molecule has 0 amide bonds. The number of carbonyl (C=O) groups excluding carboxylic acids is 1. The number of phenols is 1. The van der Waals surface area contributed by atoms with Crippen LogP contribution in [0.25, 0.3) is 11.1 Å². The molecule has 0 aromatic heterocycles. The van der Waals surface area contributed by atoms with Crippen LogP contribution in [0.15, 0.2) is 66.7 Å². The van der Waals surface area contributed by atoms with Crippen molar-refractivity contribution in [3.8, 4) is 5.75 Å². The molecule has 186 valence electrons. The highest BCUT2D eigenvalue weighted by Gasteiger charge is 2.24. The second kappa shape index (κ2) is 10.2. The Bertz CT molecular complexity index is 1270. The van der Waals surface area contributed by atoms with E-state index in [1.54, 1.807) is 12.1 Å². The van der Waals surface area contributed by atoms with E-state index in [9.17, 15) is 9.90 Å². The summed E-state index contributed by atoms with van der Waals surface area (Å²) in [6.07, 6.45) is 1.70. The number of carbonyl (C=O) groups is 1. The van der Waals surface area contributed by atoms with E-state index >= 15 is 0 Å². The summed E-state index contributed by atoms with van der Waals surface area (Å²) in [5.74, 6) is -0.0451. The zero-order valence-corrected chi connectivity index (χ0v) is 21.3. The minimum atomic E-state index is -0.311. The van der Waals surface area contributed by atoms with Crippen molar-refractivity contribution in [3.63, 3.8) is 0 Å². The number of methoxy groups -OCH3 is 1. The van der Waals surface area contributed by atoms with E-state index in [0.717, 1.165) is 61.3 Å². The molecule has 5 nitrogen and oxygen atoms in total. The summed E-state index contributed by atoms with van der Waals surface area (Å²) in [5, 5.41) is 9.84. The van der Waals surface area contributed by atoms with Gasteiger partial charge in [0.25, 0.3) is 0 Å². The highest BCUT2D eigenvalue weighted by atomic mass is 16.5. The number of fused-ring (bicyclic) bond motifs is 1. The van der Waals surface area contributed by atoms with Gasteiger partial charge in [0, 0.05) is 37.9 Å². The van der Waals surface area contributed by atoms with Crippen LogP contribution in [0.3, 0.4) is 0 Å². The molecule has 0 atom stereocenters. The van der Waals surface area contributed by atoms with E-state index in [1.807, 2.05) is 24.3 Å².